The van der Waals surface area contributed by atoms with Crippen molar-refractivity contribution in [1.29, 1.82) is 0 Å². The van der Waals surface area contributed by atoms with Gasteiger partial charge in [0, 0.05) is 26.1 Å². The first-order valence-electron chi connectivity index (χ1n) is 12.0. The van der Waals surface area contributed by atoms with Crippen LogP contribution in [0.1, 0.15) is 37.6 Å². The van der Waals surface area contributed by atoms with Crippen molar-refractivity contribution < 1.29 is 18.7 Å². The van der Waals surface area contributed by atoms with Gasteiger partial charge in [-0.3, -0.25) is 9.59 Å². The van der Waals surface area contributed by atoms with Crippen molar-refractivity contribution >= 4 is 60.6 Å². The molecule has 0 saturated heterocycles. The van der Waals surface area contributed by atoms with E-state index in [4.69, 9.17) is 14.5 Å². The predicted octanol–water partition coefficient (Wildman–Crippen LogP) is 6.48. The minimum atomic E-state index is -0.461. The molecule has 0 unspecified atom stereocenters. The Morgan fingerprint density at radius 2 is 1.97 bits per heavy atom. The number of halogens is 3. The van der Waals surface area contributed by atoms with E-state index in [0.717, 1.165) is 10.9 Å². The Hall–Kier alpha value is -3.57. The van der Waals surface area contributed by atoms with Crippen LogP contribution in [0.4, 0.5) is 10.1 Å². The number of carbonyl (C=O) groups is 1. The molecule has 1 N–H and O–H groups in total. The monoisotopic (exact) mass is 658 g/mol. The topological polar surface area (TPSA) is 94.8 Å². The number of methoxy groups -OCH3 is 1. The van der Waals surface area contributed by atoms with E-state index in [1.807, 2.05) is 19.9 Å². The normalized spacial score (nSPS) is 12.1. The molecule has 39 heavy (non-hydrogen) atoms. The van der Waals surface area contributed by atoms with Gasteiger partial charge in [-0.25, -0.2) is 9.37 Å². The molecule has 0 aliphatic carbocycles. The maximum atomic E-state index is 13.4. The molecule has 0 bridgehead atoms. The van der Waals surface area contributed by atoms with E-state index in [9.17, 15) is 14.0 Å². The molecule has 0 spiro atoms. The van der Waals surface area contributed by atoms with Gasteiger partial charge in [-0.05, 0) is 70.9 Å². The van der Waals surface area contributed by atoms with Gasteiger partial charge in [0.25, 0.3) is 11.5 Å². The number of hydrogen-bond donors (Lipinski definition) is 1. The lowest BCUT2D eigenvalue weighted by Gasteiger charge is -2.15. The highest BCUT2D eigenvalue weighted by atomic mass is 79.9. The molecule has 0 fully saturated rings. The SMILES string of the molecule is CC[C@@H](C)c1nc2ccc(Br)cc2c(=O)n1N=Cc1cc(OC)c(OCC(=O)Nc2cccc(F)c2)cc1Br. The fourth-order valence-electron chi connectivity index (χ4n) is 3.73. The summed E-state index contributed by atoms with van der Waals surface area (Å²) in [6.07, 6.45) is 2.31. The molecule has 4 rings (SSSR count). The highest BCUT2D eigenvalue weighted by molar-refractivity contribution is 9.10. The van der Waals surface area contributed by atoms with E-state index < -0.39 is 11.7 Å². The Morgan fingerprint density at radius 1 is 1.18 bits per heavy atom. The van der Waals surface area contributed by atoms with Crippen LogP contribution < -0.4 is 20.3 Å². The number of fused-ring (bicyclic) bond motifs is 1. The lowest BCUT2D eigenvalue weighted by molar-refractivity contribution is -0.118. The molecule has 8 nitrogen and oxygen atoms in total. The van der Waals surface area contributed by atoms with Crippen molar-refractivity contribution in [2.75, 3.05) is 19.0 Å². The molecule has 4 aromatic rings. The number of hydrogen-bond acceptors (Lipinski definition) is 6. The average Bonchev–Trinajstić information content (AvgIpc) is 2.91. The van der Waals surface area contributed by atoms with E-state index in [2.05, 4.69) is 42.3 Å². The van der Waals surface area contributed by atoms with Crippen molar-refractivity contribution in [2.24, 2.45) is 5.10 Å². The zero-order valence-corrected chi connectivity index (χ0v) is 24.5. The number of anilines is 1. The average molecular weight is 660 g/mol. The van der Waals surface area contributed by atoms with Gasteiger partial charge in [0.15, 0.2) is 18.1 Å². The molecule has 0 radical (unpaired) electrons. The van der Waals surface area contributed by atoms with Crippen LogP contribution in [0.25, 0.3) is 10.9 Å². The maximum Gasteiger partial charge on any atom is 0.282 e. The van der Waals surface area contributed by atoms with E-state index >= 15 is 0 Å². The first-order valence-corrected chi connectivity index (χ1v) is 13.6. The molecule has 0 aliphatic rings. The van der Waals surface area contributed by atoms with Crippen LogP contribution in [0, 0.1) is 5.82 Å². The van der Waals surface area contributed by atoms with Gasteiger partial charge < -0.3 is 14.8 Å². The summed E-state index contributed by atoms with van der Waals surface area (Å²) in [6.45, 7) is 3.70. The Balaban J connectivity index is 1.61. The summed E-state index contributed by atoms with van der Waals surface area (Å²) < 4.78 is 27.2. The standard InChI is InChI=1S/C28H25Br2FN4O4/c1-4-16(2)27-34-23-9-8-18(29)11-21(23)28(37)35(27)32-14-17-10-24(38-3)25(13-22(17)30)39-15-26(36)33-20-7-5-6-19(31)12-20/h5-14,16H,4,15H2,1-3H3,(H,33,36)/t16-/m1/s1. The number of aromatic nitrogens is 2. The number of ether oxygens (including phenoxy) is 2. The number of amides is 1. The second-order valence-electron chi connectivity index (χ2n) is 8.67. The van der Waals surface area contributed by atoms with Gasteiger partial charge in [0.1, 0.15) is 11.6 Å². The molecule has 0 saturated carbocycles. The largest absolute Gasteiger partial charge is 0.493 e. The van der Waals surface area contributed by atoms with Gasteiger partial charge in [0.2, 0.25) is 0 Å². The van der Waals surface area contributed by atoms with Crippen LogP contribution in [0.3, 0.4) is 0 Å². The lowest BCUT2D eigenvalue weighted by atomic mass is 10.1. The predicted molar refractivity (Wildman–Crippen MR) is 157 cm³/mol. The van der Waals surface area contributed by atoms with Crippen LogP contribution in [0.2, 0.25) is 0 Å². The van der Waals surface area contributed by atoms with Gasteiger partial charge in [-0.2, -0.15) is 9.78 Å². The highest BCUT2D eigenvalue weighted by Gasteiger charge is 2.17. The zero-order chi connectivity index (χ0) is 28.1. The summed E-state index contributed by atoms with van der Waals surface area (Å²) in [4.78, 5) is 30.4. The molecule has 1 aromatic heterocycles. The zero-order valence-electron chi connectivity index (χ0n) is 21.4. The molecule has 3 aromatic carbocycles. The summed E-state index contributed by atoms with van der Waals surface area (Å²) in [5, 5.41) is 7.53. The van der Waals surface area contributed by atoms with Gasteiger partial charge in [0.05, 0.1) is 24.2 Å². The molecular formula is C28H25Br2FN4O4. The summed E-state index contributed by atoms with van der Waals surface area (Å²) >= 11 is 6.92. The van der Waals surface area contributed by atoms with Gasteiger partial charge in [-0.15, -0.1) is 0 Å². The second-order valence-corrected chi connectivity index (χ2v) is 10.4. The second kappa shape index (κ2) is 12.5. The van der Waals surface area contributed by atoms with Crippen molar-refractivity contribution in [3.8, 4) is 11.5 Å². The van der Waals surface area contributed by atoms with Crippen molar-refractivity contribution in [1.82, 2.24) is 9.66 Å². The summed E-state index contributed by atoms with van der Waals surface area (Å²) in [5.74, 6) is 0.300. The van der Waals surface area contributed by atoms with Crippen LogP contribution in [0.5, 0.6) is 11.5 Å². The number of carbonyl (C=O) groups excluding carboxylic acids is 1. The van der Waals surface area contributed by atoms with E-state index in [1.165, 1.54) is 36.2 Å². The number of nitrogens with zero attached hydrogens (tertiary/aromatic N) is 3. The van der Waals surface area contributed by atoms with Crippen LogP contribution in [-0.2, 0) is 4.79 Å². The smallest absolute Gasteiger partial charge is 0.282 e. The van der Waals surface area contributed by atoms with Crippen LogP contribution in [-0.4, -0.2) is 35.5 Å². The minimum absolute atomic E-state index is 0.00447. The van der Waals surface area contributed by atoms with Crippen LogP contribution in [0.15, 0.2) is 73.4 Å². The number of rotatable bonds is 9. The molecule has 1 atom stereocenters. The first kappa shape index (κ1) is 28.4. The maximum absolute atomic E-state index is 13.4. The van der Waals surface area contributed by atoms with Crippen molar-refractivity contribution in [3.05, 3.63) is 91.1 Å². The molecule has 0 aliphatic heterocycles. The van der Waals surface area contributed by atoms with Crippen molar-refractivity contribution in [3.63, 3.8) is 0 Å². The highest BCUT2D eigenvalue weighted by Crippen LogP contribution is 2.33. The third-order valence-corrected chi connectivity index (χ3v) is 7.13. The Kier molecular flexibility index (Phi) is 9.13. The molecular weight excluding hydrogens is 635 g/mol. The van der Waals surface area contributed by atoms with E-state index in [0.29, 0.717) is 43.9 Å². The molecule has 1 amide bonds. The van der Waals surface area contributed by atoms with E-state index in [-0.39, 0.29) is 18.1 Å². The molecule has 11 heteroatoms. The summed E-state index contributed by atoms with van der Waals surface area (Å²) in [5.41, 5.74) is 1.27. The minimum Gasteiger partial charge on any atom is -0.493 e. The fourth-order valence-corrected chi connectivity index (χ4v) is 4.51. The third-order valence-electron chi connectivity index (χ3n) is 5.95. The third kappa shape index (κ3) is 6.72. The quantitative estimate of drug-likeness (QED) is 0.208. The van der Waals surface area contributed by atoms with E-state index in [1.54, 1.807) is 30.3 Å². The Bertz CT molecular complexity index is 1620. The number of nitrogens with one attached hydrogen (secondary N) is 1. The fraction of sp³-hybridized carbons (Fsp3) is 0.214. The Morgan fingerprint density at radius 3 is 2.69 bits per heavy atom. The molecule has 1 heterocycles. The van der Waals surface area contributed by atoms with Crippen molar-refractivity contribution in [2.45, 2.75) is 26.2 Å². The van der Waals surface area contributed by atoms with Gasteiger partial charge in [-0.1, -0.05) is 35.8 Å². The van der Waals surface area contributed by atoms with Crippen LogP contribution >= 0.6 is 31.9 Å². The summed E-state index contributed by atoms with van der Waals surface area (Å²) in [7, 11) is 1.47. The molecule has 202 valence electrons. The first-order chi connectivity index (χ1) is 18.7. The summed E-state index contributed by atoms with van der Waals surface area (Å²) in [6, 6.07) is 14.3. The Labute approximate surface area is 241 Å². The lowest BCUT2D eigenvalue weighted by Crippen LogP contribution is -2.23. The number of benzene rings is 3. The van der Waals surface area contributed by atoms with Gasteiger partial charge >= 0.3 is 0 Å².